The average Bonchev–Trinajstić information content (AvgIpc) is 2.55. The molecule has 0 radical (unpaired) electrons. The molecule has 0 aromatic carbocycles. The van der Waals surface area contributed by atoms with Gasteiger partial charge in [0.1, 0.15) is 6.26 Å². The van der Waals surface area contributed by atoms with Crippen molar-refractivity contribution in [3.63, 3.8) is 0 Å². The lowest BCUT2D eigenvalue weighted by Crippen LogP contribution is -1.87. The Labute approximate surface area is 75.0 Å². The molecule has 0 N–H and O–H groups in total. The molecule has 0 saturated carbocycles. The van der Waals surface area contributed by atoms with E-state index in [2.05, 4.69) is 25.8 Å². The molecule has 12 heavy (non-hydrogen) atoms. The molecular formula is C10H19NO. The standard InChI is InChI=1S/C8H13NO.C2H6/c1-4-7-5-10-8(9-7)6(2)3;1-2/h5-6H,4H2,1-3H3;1-2H3. The van der Waals surface area contributed by atoms with Crippen LogP contribution in [-0.4, -0.2) is 4.98 Å². The first kappa shape index (κ1) is 11.2. The fraction of sp³-hybridized carbons (Fsp3) is 0.700. The van der Waals surface area contributed by atoms with Gasteiger partial charge >= 0.3 is 0 Å². The Kier molecular flexibility index (Phi) is 5.43. The number of aryl methyl sites for hydroxylation is 1. The average molecular weight is 169 g/mol. The minimum absolute atomic E-state index is 0.403. The predicted octanol–water partition coefficient (Wildman–Crippen LogP) is 3.39. The van der Waals surface area contributed by atoms with Crippen LogP contribution < -0.4 is 0 Å². The van der Waals surface area contributed by atoms with Crippen molar-refractivity contribution in [3.05, 3.63) is 17.8 Å². The Morgan fingerprint density at radius 2 is 2.00 bits per heavy atom. The summed E-state index contributed by atoms with van der Waals surface area (Å²) in [7, 11) is 0. The van der Waals surface area contributed by atoms with Gasteiger partial charge in [-0.3, -0.25) is 0 Å². The summed E-state index contributed by atoms with van der Waals surface area (Å²) >= 11 is 0. The van der Waals surface area contributed by atoms with Crippen LogP contribution in [0.4, 0.5) is 0 Å². The van der Waals surface area contributed by atoms with Gasteiger partial charge in [0.2, 0.25) is 0 Å². The third kappa shape index (κ3) is 3.07. The van der Waals surface area contributed by atoms with Crippen LogP contribution in [0, 0.1) is 0 Å². The Hall–Kier alpha value is -0.790. The number of oxazole rings is 1. The molecule has 0 unspecified atom stereocenters. The van der Waals surface area contributed by atoms with Gasteiger partial charge in [-0.25, -0.2) is 4.98 Å². The second-order valence-electron chi connectivity index (χ2n) is 2.69. The lowest BCUT2D eigenvalue weighted by molar-refractivity contribution is 0.470. The van der Waals surface area contributed by atoms with E-state index in [0.29, 0.717) is 5.92 Å². The SMILES string of the molecule is CC.CCc1coc(C(C)C)n1. The summed E-state index contributed by atoms with van der Waals surface area (Å²) in [6.45, 7) is 10.2. The maximum absolute atomic E-state index is 5.21. The number of hydrogen-bond acceptors (Lipinski definition) is 2. The molecule has 0 atom stereocenters. The third-order valence-electron chi connectivity index (χ3n) is 1.43. The first-order chi connectivity index (χ1) is 5.74. The summed E-state index contributed by atoms with van der Waals surface area (Å²) in [5, 5.41) is 0. The van der Waals surface area contributed by atoms with E-state index in [4.69, 9.17) is 4.42 Å². The van der Waals surface area contributed by atoms with Gasteiger partial charge in [-0.15, -0.1) is 0 Å². The Balaban J connectivity index is 0.000000561. The quantitative estimate of drug-likeness (QED) is 0.678. The highest BCUT2D eigenvalue weighted by atomic mass is 16.3. The topological polar surface area (TPSA) is 26.0 Å². The van der Waals surface area contributed by atoms with E-state index >= 15 is 0 Å². The predicted molar refractivity (Wildman–Crippen MR) is 51.3 cm³/mol. The lowest BCUT2D eigenvalue weighted by atomic mass is 10.2. The van der Waals surface area contributed by atoms with Crippen LogP contribution in [-0.2, 0) is 6.42 Å². The summed E-state index contributed by atoms with van der Waals surface area (Å²) in [4.78, 5) is 4.26. The minimum atomic E-state index is 0.403. The van der Waals surface area contributed by atoms with E-state index in [1.807, 2.05) is 13.8 Å². The fourth-order valence-electron chi connectivity index (χ4n) is 0.750. The van der Waals surface area contributed by atoms with Crippen LogP contribution in [0.2, 0.25) is 0 Å². The van der Waals surface area contributed by atoms with Gasteiger partial charge < -0.3 is 4.42 Å². The Morgan fingerprint density at radius 1 is 1.42 bits per heavy atom. The van der Waals surface area contributed by atoms with Crippen LogP contribution in [0.15, 0.2) is 10.7 Å². The molecule has 1 rings (SSSR count). The number of aromatic nitrogens is 1. The first-order valence-corrected chi connectivity index (χ1v) is 4.68. The van der Waals surface area contributed by atoms with Gasteiger partial charge in [0.05, 0.1) is 5.69 Å². The Morgan fingerprint density at radius 3 is 2.25 bits per heavy atom. The van der Waals surface area contributed by atoms with Crippen molar-refractivity contribution in [2.24, 2.45) is 0 Å². The highest BCUT2D eigenvalue weighted by Gasteiger charge is 2.05. The molecule has 1 heterocycles. The van der Waals surface area contributed by atoms with E-state index in [1.54, 1.807) is 6.26 Å². The molecule has 0 amide bonds. The van der Waals surface area contributed by atoms with Crippen molar-refractivity contribution >= 4 is 0 Å². The monoisotopic (exact) mass is 169 g/mol. The van der Waals surface area contributed by atoms with Crippen LogP contribution in [0.5, 0.6) is 0 Å². The van der Waals surface area contributed by atoms with Crippen LogP contribution in [0.25, 0.3) is 0 Å². The van der Waals surface area contributed by atoms with E-state index in [9.17, 15) is 0 Å². The summed E-state index contributed by atoms with van der Waals surface area (Å²) in [6.07, 6.45) is 2.69. The number of hydrogen-bond donors (Lipinski definition) is 0. The zero-order chi connectivity index (χ0) is 9.56. The molecule has 0 bridgehead atoms. The molecule has 0 aliphatic heterocycles. The fourth-order valence-corrected chi connectivity index (χ4v) is 0.750. The first-order valence-electron chi connectivity index (χ1n) is 4.68. The molecule has 2 heteroatoms. The van der Waals surface area contributed by atoms with Gasteiger partial charge in [0.15, 0.2) is 5.89 Å². The van der Waals surface area contributed by atoms with Gasteiger partial charge in [-0.05, 0) is 6.42 Å². The third-order valence-corrected chi connectivity index (χ3v) is 1.43. The summed E-state index contributed by atoms with van der Waals surface area (Å²) < 4.78 is 5.21. The summed E-state index contributed by atoms with van der Waals surface area (Å²) in [5.74, 6) is 1.25. The van der Waals surface area contributed by atoms with Gasteiger partial charge in [-0.2, -0.15) is 0 Å². The molecule has 0 saturated heterocycles. The largest absolute Gasteiger partial charge is 0.448 e. The normalized spacial score (nSPS) is 9.50. The second-order valence-corrected chi connectivity index (χ2v) is 2.69. The molecule has 2 nitrogen and oxygen atoms in total. The van der Waals surface area contributed by atoms with Crippen molar-refractivity contribution in [1.82, 2.24) is 4.98 Å². The van der Waals surface area contributed by atoms with Crippen LogP contribution in [0.3, 0.4) is 0 Å². The zero-order valence-electron chi connectivity index (χ0n) is 8.72. The molecule has 0 fully saturated rings. The summed E-state index contributed by atoms with van der Waals surface area (Å²) in [6, 6.07) is 0. The van der Waals surface area contributed by atoms with Crippen molar-refractivity contribution < 1.29 is 4.42 Å². The highest BCUT2D eigenvalue weighted by molar-refractivity contribution is 4.98. The highest BCUT2D eigenvalue weighted by Crippen LogP contribution is 2.12. The zero-order valence-corrected chi connectivity index (χ0v) is 8.72. The maximum atomic E-state index is 5.21. The molecule has 0 aliphatic carbocycles. The number of rotatable bonds is 2. The number of nitrogens with zero attached hydrogens (tertiary/aromatic N) is 1. The van der Waals surface area contributed by atoms with Crippen LogP contribution in [0.1, 0.15) is 52.1 Å². The van der Waals surface area contributed by atoms with Gasteiger partial charge in [-0.1, -0.05) is 34.6 Å². The van der Waals surface area contributed by atoms with Crippen molar-refractivity contribution in [2.45, 2.75) is 47.0 Å². The maximum Gasteiger partial charge on any atom is 0.196 e. The van der Waals surface area contributed by atoms with Crippen molar-refractivity contribution in [2.75, 3.05) is 0 Å². The smallest absolute Gasteiger partial charge is 0.196 e. The van der Waals surface area contributed by atoms with E-state index in [0.717, 1.165) is 18.0 Å². The lowest BCUT2D eigenvalue weighted by Gasteiger charge is -1.93. The molecule has 1 aromatic rings. The van der Waals surface area contributed by atoms with E-state index in [1.165, 1.54) is 0 Å². The molecular weight excluding hydrogens is 150 g/mol. The molecule has 70 valence electrons. The molecule has 0 spiro atoms. The van der Waals surface area contributed by atoms with E-state index < -0.39 is 0 Å². The van der Waals surface area contributed by atoms with E-state index in [-0.39, 0.29) is 0 Å². The molecule has 1 aromatic heterocycles. The van der Waals surface area contributed by atoms with Crippen molar-refractivity contribution in [3.8, 4) is 0 Å². The Bertz CT molecular complexity index is 203. The van der Waals surface area contributed by atoms with Crippen molar-refractivity contribution in [1.29, 1.82) is 0 Å². The molecule has 0 aliphatic rings. The van der Waals surface area contributed by atoms with Crippen LogP contribution >= 0.6 is 0 Å². The summed E-state index contributed by atoms with van der Waals surface area (Å²) in [5.41, 5.74) is 1.05. The van der Waals surface area contributed by atoms with Gasteiger partial charge in [0.25, 0.3) is 0 Å². The minimum Gasteiger partial charge on any atom is -0.448 e. The van der Waals surface area contributed by atoms with Gasteiger partial charge in [0, 0.05) is 5.92 Å². The second kappa shape index (κ2) is 5.81.